The molecule has 1 saturated heterocycles. The normalized spacial score (nSPS) is 16.4. The third kappa shape index (κ3) is 3.26. The predicted octanol–water partition coefficient (Wildman–Crippen LogP) is 1.64. The monoisotopic (exact) mass is 377 g/mol. The molecule has 3 aromatic heterocycles. The number of fused-ring (bicyclic) bond motifs is 2. The molecule has 0 spiro atoms. The molecule has 0 atom stereocenters. The molecule has 8 heteroatoms. The van der Waals surface area contributed by atoms with E-state index >= 15 is 0 Å². The third-order valence-electron chi connectivity index (χ3n) is 5.55. The first-order chi connectivity index (χ1) is 13.8. The smallest absolute Gasteiger partial charge is 0.317 e. The Kier molecular flexibility index (Phi) is 4.31. The Morgan fingerprint density at radius 2 is 2.00 bits per heavy atom. The number of nitrogens with zero attached hydrogens (tertiary/aromatic N) is 6. The number of hydrogen-bond donors (Lipinski definition) is 1. The molecule has 5 rings (SSSR count). The molecule has 0 aromatic carbocycles. The molecule has 0 saturated carbocycles. The molecule has 1 fully saturated rings. The van der Waals surface area contributed by atoms with E-state index in [0.29, 0.717) is 19.6 Å². The summed E-state index contributed by atoms with van der Waals surface area (Å²) in [6.45, 7) is 3.41. The van der Waals surface area contributed by atoms with Gasteiger partial charge in [0.05, 0.1) is 0 Å². The fourth-order valence-corrected chi connectivity index (χ4v) is 3.97. The summed E-state index contributed by atoms with van der Waals surface area (Å²) in [7, 11) is 0. The maximum Gasteiger partial charge on any atom is 0.317 e. The van der Waals surface area contributed by atoms with Crippen molar-refractivity contribution >= 4 is 17.5 Å². The SMILES string of the molecule is O=C(NCc1cnc2c(c1)CCC2)N1CCN(c2ccc3nccn3n2)CC1. The van der Waals surface area contributed by atoms with E-state index in [9.17, 15) is 4.79 Å². The first kappa shape index (κ1) is 17.0. The number of aryl methyl sites for hydroxylation is 2. The van der Waals surface area contributed by atoms with Crippen molar-refractivity contribution in [3.63, 3.8) is 0 Å². The third-order valence-corrected chi connectivity index (χ3v) is 5.55. The van der Waals surface area contributed by atoms with Crippen molar-refractivity contribution in [2.75, 3.05) is 31.1 Å². The van der Waals surface area contributed by atoms with Gasteiger partial charge in [0.2, 0.25) is 0 Å². The fraction of sp³-hybridized carbons (Fsp3) is 0.400. The van der Waals surface area contributed by atoms with Gasteiger partial charge in [0.15, 0.2) is 5.65 Å². The number of urea groups is 1. The van der Waals surface area contributed by atoms with Gasteiger partial charge in [0.1, 0.15) is 5.82 Å². The highest BCUT2D eigenvalue weighted by Crippen LogP contribution is 2.20. The number of carbonyl (C=O) groups excluding carboxylic acids is 1. The van der Waals surface area contributed by atoms with Gasteiger partial charge in [-0.2, -0.15) is 0 Å². The first-order valence-electron chi connectivity index (χ1n) is 9.81. The summed E-state index contributed by atoms with van der Waals surface area (Å²) in [5, 5.41) is 7.62. The number of aromatic nitrogens is 4. The van der Waals surface area contributed by atoms with Crippen LogP contribution in [0.3, 0.4) is 0 Å². The molecular formula is C20H23N7O. The predicted molar refractivity (Wildman–Crippen MR) is 105 cm³/mol. The van der Waals surface area contributed by atoms with E-state index < -0.39 is 0 Å². The van der Waals surface area contributed by atoms with E-state index in [2.05, 4.69) is 31.3 Å². The largest absolute Gasteiger partial charge is 0.352 e. The van der Waals surface area contributed by atoms with Gasteiger partial charge >= 0.3 is 6.03 Å². The van der Waals surface area contributed by atoms with E-state index in [-0.39, 0.29) is 6.03 Å². The number of pyridine rings is 1. The van der Waals surface area contributed by atoms with Gasteiger partial charge in [-0.25, -0.2) is 14.3 Å². The topological polar surface area (TPSA) is 78.7 Å². The van der Waals surface area contributed by atoms with E-state index in [1.54, 1.807) is 10.7 Å². The first-order valence-corrected chi connectivity index (χ1v) is 9.81. The van der Waals surface area contributed by atoms with E-state index in [1.807, 2.05) is 29.4 Å². The van der Waals surface area contributed by atoms with Crippen LogP contribution in [0.4, 0.5) is 10.6 Å². The van der Waals surface area contributed by atoms with Gasteiger partial charge in [-0.3, -0.25) is 4.98 Å². The number of anilines is 1. The molecule has 0 radical (unpaired) electrons. The lowest BCUT2D eigenvalue weighted by atomic mass is 10.1. The van der Waals surface area contributed by atoms with Crippen molar-refractivity contribution in [1.29, 1.82) is 0 Å². The second kappa shape index (κ2) is 7.10. The molecular weight excluding hydrogens is 354 g/mol. The lowest BCUT2D eigenvalue weighted by Crippen LogP contribution is -2.52. The second-order valence-corrected chi connectivity index (χ2v) is 7.36. The van der Waals surface area contributed by atoms with Crippen molar-refractivity contribution in [3.8, 4) is 0 Å². The van der Waals surface area contributed by atoms with Crippen LogP contribution in [0.2, 0.25) is 0 Å². The van der Waals surface area contributed by atoms with Gasteiger partial charge in [0, 0.05) is 57.0 Å². The average Bonchev–Trinajstić information content (AvgIpc) is 3.40. The molecule has 8 nitrogen and oxygen atoms in total. The van der Waals surface area contributed by atoms with E-state index in [0.717, 1.165) is 43.0 Å². The lowest BCUT2D eigenvalue weighted by molar-refractivity contribution is 0.193. The minimum atomic E-state index is -0.0156. The molecule has 28 heavy (non-hydrogen) atoms. The summed E-state index contributed by atoms with van der Waals surface area (Å²) in [6, 6.07) is 6.12. The van der Waals surface area contributed by atoms with Crippen LogP contribution in [-0.4, -0.2) is 56.7 Å². The van der Waals surface area contributed by atoms with Crippen molar-refractivity contribution in [1.82, 2.24) is 29.8 Å². The Labute approximate surface area is 163 Å². The summed E-state index contributed by atoms with van der Waals surface area (Å²) in [5.74, 6) is 0.912. The fourth-order valence-electron chi connectivity index (χ4n) is 3.97. The molecule has 0 unspecified atom stereocenters. The summed E-state index contributed by atoms with van der Waals surface area (Å²) in [6.07, 6.45) is 8.84. The zero-order valence-corrected chi connectivity index (χ0v) is 15.7. The Bertz CT molecular complexity index is 1010. The number of piperazine rings is 1. The van der Waals surface area contributed by atoms with Crippen LogP contribution >= 0.6 is 0 Å². The van der Waals surface area contributed by atoms with Gasteiger partial charge in [-0.1, -0.05) is 6.07 Å². The summed E-state index contributed by atoms with van der Waals surface area (Å²) >= 11 is 0. The zero-order chi connectivity index (χ0) is 18.9. The zero-order valence-electron chi connectivity index (χ0n) is 15.7. The number of hydrogen-bond acceptors (Lipinski definition) is 5. The average molecular weight is 377 g/mol. The maximum atomic E-state index is 12.5. The number of nitrogens with one attached hydrogen (secondary N) is 1. The molecule has 144 valence electrons. The Morgan fingerprint density at radius 3 is 2.89 bits per heavy atom. The van der Waals surface area contributed by atoms with Gasteiger partial charge in [0.25, 0.3) is 0 Å². The standard InChI is InChI=1S/C20H23N7O/c28-20(23-14-15-12-16-2-1-3-17(16)22-13-15)26-10-8-25(9-11-26)19-5-4-18-21-6-7-27(18)24-19/h4-7,12-13H,1-3,8-11,14H2,(H,23,28). The summed E-state index contributed by atoms with van der Waals surface area (Å²) < 4.78 is 1.78. The molecule has 3 aromatic rings. The van der Waals surface area contributed by atoms with Crippen molar-refractivity contribution < 1.29 is 4.79 Å². The molecule has 0 bridgehead atoms. The molecule has 1 aliphatic heterocycles. The van der Waals surface area contributed by atoms with Crippen LogP contribution in [0.25, 0.3) is 5.65 Å². The minimum Gasteiger partial charge on any atom is -0.352 e. The lowest BCUT2D eigenvalue weighted by Gasteiger charge is -2.35. The van der Waals surface area contributed by atoms with Crippen molar-refractivity contribution in [2.24, 2.45) is 0 Å². The summed E-state index contributed by atoms with van der Waals surface area (Å²) in [4.78, 5) is 25.4. The van der Waals surface area contributed by atoms with Crippen LogP contribution in [0.15, 0.2) is 36.8 Å². The number of rotatable bonds is 3. The maximum absolute atomic E-state index is 12.5. The van der Waals surface area contributed by atoms with Crippen LogP contribution in [0, 0.1) is 0 Å². The molecule has 1 aliphatic carbocycles. The van der Waals surface area contributed by atoms with Crippen LogP contribution in [0.5, 0.6) is 0 Å². The molecule has 4 heterocycles. The summed E-state index contributed by atoms with van der Waals surface area (Å²) in [5.41, 5.74) is 4.46. The second-order valence-electron chi connectivity index (χ2n) is 7.36. The van der Waals surface area contributed by atoms with Gasteiger partial charge < -0.3 is 15.1 Å². The molecule has 1 N–H and O–H groups in total. The highest BCUT2D eigenvalue weighted by molar-refractivity contribution is 5.74. The quantitative estimate of drug-likeness (QED) is 0.751. The highest BCUT2D eigenvalue weighted by Gasteiger charge is 2.22. The van der Waals surface area contributed by atoms with Gasteiger partial charge in [-0.15, -0.1) is 5.10 Å². The van der Waals surface area contributed by atoms with Crippen molar-refractivity contribution in [3.05, 3.63) is 53.6 Å². The van der Waals surface area contributed by atoms with E-state index in [4.69, 9.17) is 0 Å². The number of carbonyl (C=O) groups is 1. The Hall–Kier alpha value is -3.16. The van der Waals surface area contributed by atoms with Crippen LogP contribution in [0.1, 0.15) is 23.2 Å². The molecule has 2 aliphatic rings. The van der Waals surface area contributed by atoms with Crippen LogP contribution in [-0.2, 0) is 19.4 Å². The molecule has 2 amide bonds. The van der Waals surface area contributed by atoms with E-state index in [1.165, 1.54) is 17.7 Å². The van der Waals surface area contributed by atoms with Crippen molar-refractivity contribution in [2.45, 2.75) is 25.8 Å². The Morgan fingerprint density at radius 1 is 1.11 bits per heavy atom. The minimum absolute atomic E-state index is 0.0156. The Balaban J connectivity index is 1.15. The van der Waals surface area contributed by atoms with Crippen LogP contribution < -0.4 is 10.2 Å². The number of amides is 2. The number of imidazole rings is 1. The highest BCUT2D eigenvalue weighted by atomic mass is 16.2. The van der Waals surface area contributed by atoms with Gasteiger partial charge in [-0.05, 0) is 42.5 Å².